The van der Waals surface area contributed by atoms with E-state index < -0.39 is 18.2 Å². The molecule has 3 heterocycles. The lowest BCUT2D eigenvalue weighted by Gasteiger charge is -2.32. The van der Waals surface area contributed by atoms with Gasteiger partial charge in [-0.25, -0.2) is 9.97 Å². The number of pyridine rings is 1. The molecule has 0 aromatic carbocycles. The van der Waals surface area contributed by atoms with E-state index in [0.29, 0.717) is 24.1 Å². The lowest BCUT2D eigenvalue weighted by Crippen LogP contribution is -2.36. The van der Waals surface area contributed by atoms with Gasteiger partial charge in [0.05, 0.1) is 28.1 Å². The van der Waals surface area contributed by atoms with Gasteiger partial charge in [-0.3, -0.25) is 4.98 Å². The summed E-state index contributed by atoms with van der Waals surface area (Å²) in [5.74, 6) is 1.32. The molecule has 0 amide bonds. The van der Waals surface area contributed by atoms with Crippen LogP contribution in [0.25, 0.3) is 20.8 Å². The SMILES string of the molecule is Cc1nccc2sc(-c3cnc(NC(C)C4CCC4)nc3NC3CC(CO)C(O)C3O)nc12. The van der Waals surface area contributed by atoms with Gasteiger partial charge >= 0.3 is 0 Å². The van der Waals surface area contributed by atoms with Gasteiger partial charge in [-0.1, -0.05) is 6.42 Å². The van der Waals surface area contributed by atoms with Crippen molar-refractivity contribution < 1.29 is 15.3 Å². The van der Waals surface area contributed by atoms with Gasteiger partial charge in [-0.15, -0.1) is 11.3 Å². The summed E-state index contributed by atoms with van der Waals surface area (Å²) in [6, 6.07) is 1.77. The quantitative estimate of drug-likeness (QED) is 0.353. The van der Waals surface area contributed by atoms with E-state index in [1.807, 2.05) is 13.0 Å². The van der Waals surface area contributed by atoms with E-state index in [0.717, 1.165) is 26.5 Å². The molecular formula is C23H30N6O3S. The number of aryl methyl sites for hydroxylation is 1. The van der Waals surface area contributed by atoms with Crippen molar-refractivity contribution in [3.8, 4) is 10.6 Å². The van der Waals surface area contributed by atoms with E-state index in [9.17, 15) is 15.3 Å². The molecule has 5 atom stereocenters. The van der Waals surface area contributed by atoms with Crippen LogP contribution in [0.5, 0.6) is 0 Å². The minimum Gasteiger partial charge on any atom is -0.396 e. The van der Waals surface area contributed by atoms with E-state index in [4.69, 9.17) is 9.97 Å². The Morgan fingerprint density at radius 3 is 2.67 bits per heavy atom. The molecule has 5 N–H and O–H groups in total. The molecule has 0 spiro atoms. The number of nitrogens with zero attached hydrogens (tertiary/aromatic N) is 4. The first-order valence-corrected chi connectivity index (χ1v) is 12.4. The predicted octanol–water partition coefficient (Wildman–Crippen LogP) is 2.57. The molecule has 0 aliphatic heterocycles. The predicted molar refractivity (Wildman–Crippen MR) is 128 cm³/mol. The van der Waals surface area contributed by atoms with Gasteiger partial charge in [0, 0.05) is 31.0 Å². The Bertz CT molecular complexity index is 1140. The smallest absolute Gasteiger partial charge is 0.224 e. The zero-order valence-electron chi connectivity index (χ0n) is 18.8. The molecule has 2 fully saturated rings. The van der Waals surface area contributed by atoms with Crippen molar-refractivity contribution in [2.75, 3.05) is 17.2 Å². The monoisotopic (exact) mass is 470 g/mol. The molecule has 9 nitrogen and oxygen atoms in total. The number of fused-ring (bicyclic) bond motifs is 1. The molecule has 0 radical (unpaired) electrons. The highest BCUT2D eigenvalue weighted by Crippen LogP contribution is 2.37. The summed E-state index contributed by atoms with van der Waals surface area (Å²) in [7, 11) is 0. The summed E-state index contributed by atoms with van der Waals surface area (Å²) in [6.07, 6.45) is 5.68. The maximum absolute atomic E-state index is 10.6. The van der Waals surface area contributed by atoms with Crippen LogP contribution in [0.3, 0.4) is 0 Å². The molecule has 5 rings (SSSR count). The topological polar surface area (TPSA) is 136 Å². The van der Waals surface area contributed by atoms with Crippen LogP contribution in [-0.4, -0.2) is 66.2 Å². The summed E-state index contributed by atoms with van der Waals surface area (Å²) >= 11 is 1.54. The molecule has 0 bridgehead atoms. The number of rotatable bonds is 7. The van der Waals surface area contributed by atoms with Crippen LogP contribution in [0.15, 0.2) is 18.5 Å². The first-order chi connectivity index (χ1) is 15.9. The molecule has 10 heteroatoms. The standard InChI is InChI=1S/C23H30N6O3S/c1-11(13-4-3-5-13)26-23-25-9-15(22-28-18-12(2)24-7-6-17(18)33-22)21(29-23)27-16-8-14(10-30)19(31)20(16)32/h6-7,9,11,13-14,16,19-20,30-32H,3-5,8,10H2,1-2H3,(H2,25,26,27,29). The molecule has 33 heavy (non-hydrogen) atoms. The third-order valence-corrected chi connectivity index (χ3v) is 8.14. The fourth-order valence-corrected chi connectivity index (χ4v) is 5.72. The second-order valence-corrected chi connectivity index (χ2v) is 10.3. The first-order valence-electron chi connectivity index (χ1n) is 11.5. The normalized spacial score (nSPS) is 26.3. The summed E-state index contributed by atoms with van der Waals surface area (Å²) in [6.45, 7) is 3.91. The van der Waals surface area contributed by atoms with Crippen molar-refractivity contribution in [1.29, 1.82) is 0 Å². The number of nitrogens with one attached hydrogen (secondary N) is 2. The van der Waals surface area contributed by atoms with Crippen molar-refractivity contribution >= 4 is 33.3 Å². The Labute approximate surface area is 196 Å². The van der Waals surface area contributed by atoms with Crippen LogP contribution in [0.2, 0.25) is 0 Å². The average molecular weight is 471 g/mol. The zero-order valence-corrected chi connectivity index (χ0v) is 19.6. The van der Waals surface area contributed by atoms with Gasteiger partial charge in [-0.2, -0.15) is 4.98 Å². The molecule has 2 aliphatic rings. The van der Waals surface area contributed by atoms with Gasteiger partial charge in [0.1, 0.15) is 22.4 Å². The van der Waals surface area contributed by atoms with E-state index in [1.165, 1.54) is 30.6 Å². The van der Waals surface area contributed by atoms with E-state index in [2.05, 4.69) is 27.5 Å². The zero-order chi connectivity index (χ0) is 23.1. The van der Waals surface area contributed by atoms with E-state index in [-0.39, 0.29) is 18.6 Å². The highest BCUT2D eigenvalue weighted by atomic mass is 32.1. The molecule has 3 aromatic heterocycles. The molecule has 3 aromatic rings. The van der Waals surface area contributed by atoms with Crippen molar-refractivity contribution in [1.82, 2.24) is 19.9 Å². The highest BCUT2D eigenvalue weighted by Gasteiger charge is 2.41. The Balaban J connectivity index is 1.49. The molecule has 176 valence electrons. The van der Waals surface area contributed by atoms with Crippen LogP contribution < -0.4 is 10.6 Å². The van der Waals surface area contributed by atoms with Crippen molar-refractivity contribution in [3.63, 3.8) is 0 Å². The summed E-state index contributed by atoms with van der Waals surface area (Å²) < 4.78 is 1.03. The average Bonchev–Trinajstić information content (AvgIpc) is 3.30. The largest absolute Gasteiger partial charge is 0.396 e. The van der Waals surface area contributed by atoms with Crippen LogP contribution in [0, 0.1) is 18.8 Å². The summed E-state index contributed by atoms with van der Waals surface area (Å²) in [4.78, 5) is 18.4. The van der Waals surface area contributed by atoms with Crippen LogP contribution in [0.4, 0.5) is 11.8 Å². The molecule has 0 saturated heterocycles. The van der Waals surface area contributed by atoms with Crippen LogP contribution >= 0.6 is 11.3 Å². The van der Waals surface area contributed by atoms with Gasteiger partial charge in [-0.05, 0) is 45.1 Å². The number of thiazole rings is 1. The number of hydrogen-bond donors (Lipinski definition) is 5. The van der Waals surface area contributed by atoms with Gasteiger partial charge in [0.25, 0.3) is 0 Å². The highest BCUT2D eigenvalue weighted by molar-refractivity contribution is 7.21. The Morgan fingerprint density at radius 2 is 2.00 bits per heavy atom. The molecular weight excluding hydrogens is 440 g/mol. The van der Waals surface area contributed by atoms with Crippen molar-refractivity contribution in [2.45, 2.75) is 63.8 Å². The second-order valence-electron chi connectivity index (χ2n) is 9.25. The minimum atomic E-state index is -1.00. The number of aromatic nitrogens is 4. The summed E-state index contributed by atoms with van der Waals surface area (Å²) in [5, 5.41) is 37.9. The third kappa shape index (κ3) is 4.28. The number of anilines is 2. The van der Waals surface area contributed by atoms with E-state index in [1.54, 1.807) is 12.4 Å². The fourth-order valence-electron chi connectivity index (χ4n) is 4.70. The Kier molecular flexibility index (Phi) is 6.17. The first kappa shape index (κ1) is 22.4. The maximum Gasteiger partial charge on any atom is 0.224 e. The minimum absolute atomic E-state index is 0.178. The van der Waals surface area contributed by atoms with Gasteiger partial charge in [0.15, 0.2) is 0 Å². The summed E-state index contributed by atoms with van der Waals surface area (Å²) in [5.41, 5.74) is 2.44. The second kappa shape index (κ2) is 9.09. The van der Waals surface area contributed by atoms with Gasteiger partial charge in [0.2, 0.25) is 5.95 Å². The third-order valence-electron chi connectivity index (χ3n) is 7.08. The maximum atomic E-state index is 10.6. The Hall–Kier alpha value is -2.40. The fraction of sp³-hybridized carbons (Fsp3) is 0.565. The van der Waals surface area contributed by atoms with E-state index >= 15 is 0 Å². The van der Waals surface area contributed by atoms with Crippen LogP contribution in [-0.2, 0) is 0 Å². The molecule has 5 unspecified atom stereocenters. The molecule has 2 saturated carbocycles. The van der Waals surface area contributed by atoms with Gasteiger partial charge < -0.3 is 26.0 Å². The van der Waals surface area contributed by atoms with Crippen molar-refractivity contribution in [3.05, 3.63) is 24.2 Å². The molecule has 2 aliphatic carbocycles. The van der Waals surface area contributed by atoms with Crippen LogP contribution in [0.1, 0.15) is 38.3 Å². The number of aliphatic hydroxyl groups excluding tert-OH is 3. The number of hydrogen-bond acceptors (Lipinski definition) is 10. The lowest BCUT2D eigenvalue weighted by molar-refractivity contribution is 0.00446. The van der Waals surface area contributed by atoms with Crippen molar-refractivity contribution in [2.24, 2.45) is 11.8 Å². The lowest BCUT2D eigenvalue weighted by atomic mass is 9.80. The Morgan fingerprint density at radius 1 is 1.18 bits per heavy atom. The number of aliphatic hydroxyl groups is 3.